The number of halogens is 1. The molecule has 0 saturated heterocycles. The summed E-state index contributed by atoms with van der Waals surface area (Å²) in [5, 5.41) is 0.642. The Labute approximate surface area is 105 Å². The van der Waals surface area contributed by atoms with E-state index in [1.165, 1.54) is 12.1 Å². The Morgan fingerprint density at radius 2 is 2.11 bits per heavy atom. The van der Waals surface area contributed by atoms with Gasteiger partial charge >= 0.3 is 5.97 Å². The third-order valence-electron chi connectivity index (χ3n) is 2.87. The van der Waals surface area contributed by atoms with E-state index in [4.69, 9.17) is 4.74 Å². The van der Waals surface area contributed by atoms with E-state index in [0.717, 1.165) is 0 Å². The Balaban J connectivity index is 2.70. The summed E-state index contributed by atoms with van der Waals surface area (Å²) in [6.45, 7) is 5.58. The van der Waals surface area contributed by atoms with Crippen molar-refractivity contribution < 1.29 is 13.9 Å². The number of ether oxygens (including phenoxy) is 1. The summed E-state index contributed by atoms with van der Waals surface area (Å²) >= 11 is 0. The molecule has 0 bridgehead atoms. The minimum atomic E-state index is -0.411. The number of hydrogen-bond donors (Lipinski definition) is 0. The minimum absolute atomic E-state index is 0.304. The average molecular weight is 247 g/mol. The van der Waals surface area contributed by atoms with Gasteiger partial charge in [-0.05, 0) is 44.5 Å². The van der Waals surface area contributed by atoms with Crippen LogP contribution in [0.4, 0.5) is 4.39 Å². The van der Waals surface area contributed by atoms with Gasteiger partial charge < -0.3 is 4.74 Å². The summed E-state index contributed by atoms with van der Waals surface area (Å²) in [7, 11) is 0. The van der Waals surface area contributed by atoms with Crippen LogP contribution in [0.1, 0.15) is 28.5 Å². The van der Waals surface area contributed by atoms with Crippen molar-refractivity contribution in [2.75, 3.05) is 6.61 Å². The zero-order chi connectivity index (χ0) is 13.3. The van der Waals surface area contributed by atoms with Crippen molar-refractivity contribution in [3.05, 3.63) is 40.8 Å². The summed E-state index contributed by atoms with van der Waals surface area (Å²) in [4.78, 5) is 16.2. The number of fused-ring (bicyclic) bond motifs is 1. The molecule has 0 N–H and O–H groups in total. The number of pyridine rings is 1. The molecule has 1 aromatic heterocycles. The van der Waals surface area contributed by atoms with E-state index in [0.29, 0.717) is 34.3 Å². The zero-order valence-corrected chi connectivity index (χ0v) is 10.6. The topological polar surface area (TPSA) is 39.2 Å². The maximum absolute atomic E-state index is 13.3. The number of benzene rings is 1. The third kappa shape index (κ3) is 2.06. The Morgan fingerprint density at radius 1 is 1.39 bits per heavy atom. The number of aryl methyl sites for hydroxylation is 2. The normalized spacial score (nSPS) is 10.7. The second kappa shape index (κ2) is 4.72. The molecule has 0 saturated carbocycles. The molecule has 2 aromatic rings. The fourth-order valence-corrected chi connectivity index (χ4v) is 2.05. The standard InChI is InChI=1S/C14H14FNO2/c1-4-18-14(17)13-8(2)11-7-10(15)5-6-12(11)16-9(13)3/h5-7H,4H2,1-3H3. The van der Waals surface area contributed by atoms with Gasteiger partial charge in [-0.3, -0.25) is 4.98 Å². The van der Waals surface area contributed by atoms with Crippen LogP contribution in [0, 0.1) is 19.7 Å². The minimum Gasteiger partial charge on any atom is -0.462 e. The van der Waals surface area contributed by atoms with E-state index in [1.54, 1.807) is 26.8 Å². The van der Waals surface area contributed by atoms with Crippen LogP contribution >= 0.6 is 0 Å². The Bertz CT molecular complexity index is 623. The largest absolute Gasteiger partial charge is 0.462 e. The van der Waals surface area contributed by atoms with E-state index < -0.39 is 5.97 Å². The average Bonchev–Trinajstić information content (AvgIpc) is 2.31. The second-order valence-electron chi connectivity index (χ2n) is 4.08. The van der Waals surface area contributed by atoms with Crippen molar-refractivity contribution in [1.29, 1.82) is 0 Å². The number of carbonyl (C=O) groups is 1. The van der Waals surface area contributed by atoms with Crippen molar-refractivity contribution in [1.82, 2.24) is 4.98 Å². The van der Waals surface area contributed by atoms with Gasteiger partial charge in [-0.1, -0.05) is 0 Å². The summed E-state index contributed by atoms with van der Waals surface area (Å²) in [6, 6.07) is 4.36. The molecule has 0 unspecified atom stereocenters. The lowest BCUT2D eigenvalue weighted by molar-refractivity contribution is 0.0524. The molecule has 18 heavy (non-hydrogen) atoms. The number of rotatable bonds is 2. The van der Waals surface area contributed by atoms with Gasteiger partial charge in [0.1, 0.15) is 5.82 Å². The first-order chi connectivity index (χ1) is 8.54. The highest BCUT2D eigenvalue weighted by atomic mass is 19.1. The molecule has 94 valence electrons. The summed E-state index contributed by atoms with van der Waals surface area (Å²) in [6.07, 6.45) is 0. The molecular formula is C14H14FNO2. The van der Waals surface area contributed by atoms with Gasteiger partial charge in [0.2, 0.25) is 0 Å². The highest BCUT2D eigenvalue weighted by Gasteiger charge is 2.17. The summed E-state index contributed by atoms with van der Waals surface area (Å²) < 4.78 is 18.3. The first-order valence-electron chi connectivity index (χ1n) is 5.78. The van der Waals surface area contributed by atoms with Gasteiger partial charge in [-0.2, -0.15) is 0 Å². The van der Waals surface area contributed by atoms with Crippen LogP contribution in [0.5, 0.6) is 0 Å². The number of aromatic nitrogens is 1. The Kier molecular flexibility index (Phi) is 3.28. The van der Waals surface area contributed by atoms with Crippen LogP contribution < -0.4 is 0 Å². The van der Waals surface area contributed by atoms with Gasteiger partial charge in [-0.15, -0.1) is 0 Å². The SMILES string of the molecule is CCOC(=O)c1c(C)nc2ccc(F)cc2c1C. The molecule has 0 spiro atoms. The van der Waals surface area contributed by atoms with Crippen molar-refractivity contribution in [2.24, 2.45) is 0 Å². The maximum Gasteiger partial charge on any atom is 0.340 e. The molecule has 0 aliphatic heterocycles. The van der Waals surface area contributed by atoms with E-state index in [2.05, 4.69) is 4.98 Å². The molecule has 1 heterocycles. The molecular weight excluding hydrogens is 233 g/mol. The van der Waals surface area contributed by atoms with Gasteiger partial charge in [0, 0.05) is 5.39 Å². The van der Waals surface area contributed by atoms with Crippen LogP contribution in [0.3, 0.4) is 0 Å². The molecule has 0 atom stereocenters. The predicted octanol–water partition coefficient (Wildman–Crippen LogP) is 3.17. The maximum atomic E-state index is 13.3. The van der Waals surface area contributed by atoms with Gasteiger partial charge in [-0.25, -0.2) is 9.18 Å². The molecule has 0 amide bonds. The molecule has 4 heteroatoms. The van der Waals surface area contributed by atoms with Gasteiger partial charge in [0.15, 0.2) is 0 Å². The van der Waals surface area contributed by atoms with Gasteiger partial charge in [0.05, 0.1) is 23.4 Å². The highest BCUT2D eigenvalue weighted by molar-refractivity contribution is 5.98. The van der Waals surface area contributed by atoms with Crippen molar-refractivity contribution >= 4 is 16.9 Å². The second-order valence-corrected chi connectivity index (χ2v) is 4.08. The van der Waals surface area contributed by atoms with E-state index in [9.17, 15) is 9.18 Å². The number of esters is 1. The van der Waals surface area contributed by atoms with Crippen LogP contribution in [-0.4, -0.2) is 17.6 Å². The molecule has 0 aliphatic carbocycles. The number of nitrogens with zero attached hydrogens (tertiary/aromatic N) is 1. The smallest absolute Gasteiger partial charge is 0.340 e. The van der Waals surface area contributed by atoms with E-state index in [1.807, 2.05) is 0 Å². The third-order valence-corrected chi connectivity index (χ3v) is 2.87. The monoisotopic (exact) mass is 247 g/mol. The Hall–Kier alpha value is -1.97. The zero-order valence-electron chi connectivity index (χ0n) is 10.6. The summed E-state index contributed by atoms with van der Waals surface area (Å²) in [5.41, 5.74) is 2.41. The Morgan fingerprint density at radius 3 is 2.78 bits per heavy atom. The van der Waals surface area contributed by atoms with Gasteiger partial charge in [0.25, 0.3) is 0 Å². The van der Waals surface area contributed by atoms with Crippen LogP contribution in [0.15, 0.2) is 18.2 Å². The molecule has 0 aliphatic rings. The van der Waals surface area contributed by atoms with Crippen molar-refractivity contribution in [3.63, 3.8) is 0 Å². The lowest BCUT2D eigenvalue weighted by atomic mass is 10.0. The van der Waals surface area contributed by atoms with E-state index in [-0.39, 0.29) is 5.82 Å². The molecule has 2 rings (SSSR count). The molecule has 1 aromatic carbocycles. The van der Waals surface area contributed by atoms with Crippen LogP contribution in [-0.2, 0) is 4.74 Å². The van der Waals surface area contributed by atoms with Crippen molar-refractivity contribution in [2.45, 2.75) is 20.8 Å². The van der Waals surface area contributed by atoms with Crippen molar-refractivity contribution in [3.8, 4) is 0 Å². The van der Waals surface area contributed by atoms with E-state index >= 15 is 0 Å². The number of carbonyl (C=O) groups excluding carboxylic acids is 1. The number of hydrogen-bond acceptors (Lipinski definition) is 3. The predicted molar refractivity (Wildman–Crippen MR) is 67.1 cm³/mol. The lowest BCUT2D eigenvalue weighted by Gasteiger charge is -2.11. The first-order valence-corrected chi connectivity index (χ1v) is 5.78. The molecule has 3 nitrogen and oxygen atoms in total. The molecule has 0 radical (unpaired) electrons. The quantitative estimate of drug-likeness (QED) is 0.765. The first kappa shape index (κ1) is 12.5. The highest BCUT2D eigenvalue weighted by Crippen LogP contribution is 2.24. The van der Waals surface area contributed by atoms with Crippen LogP contribution in [0.2, 0.25) is 0 Å². The fraction of sp³-hybridized carbons (Fsp3) is 0.286. The molecule has 0 fully saturated rings. The fourth-order valence-electron chi connectivity index (χ4n) is 2.05. The summed E-state index contributed by atoms with van der Waals surface area (Å²) in [5.74, 6) is -0.753. The van der Waals surface area contributed by atoms with Crippen LogP contribution in [0.25, 0.3) is 10.9 Å². The lowest BCUT2D eigenvalue weighted by Crippen LogP contribution is -2.10.